The SMILES string of the molecule is c1ccc(CNc2cc(-c3ncccn3)c3cc[nH]c3n2)nc1. The van der Waals surface area contributed by atoms with Gasteiger partial charge in [-0.1, -0.05) is 6.07 Å². The Morgan fingerprint density at radius 2 is 1.83 bits per heavy atom. The van der Waals surface area contributed by atoms with Crippen molar-refractivity contribution in [3.8, 4) is 11.4 Å². The molecular formula is C17H14N6. The number of hydrogen-bond acceptors (Lipinski definition) is 5. The van der Waals surface area contributed by atoms with E-state index in [1.165, 1.54) is 0 Å². The van der Waals surface area contributed by atoms with Crippen LogP contribution in [0.2, 0.25) is 0 Å². The fourth-order valence-corrected chi connectivity index (χ4v) is 2.44. The molecule has 23 heavy (non-hydrogen) atoms. The van der Waals surface area contributed by atoms with Crippen molar-refractivity contribution in [3.63, 3.8) is 0 Å². The fraction of sp³-hybridized carbons (Fsp3) is 0.0588. The minimum atomic E-state index is 0.606. The molecule has 6 heteroatoms. The molecule has 112 valence electrons. The summed E-state index contributed by atoms with van der Waals surface area (Å²) in [6.07, 6.45) is 7.12. The molecule has 4 rings (SSSR count). The van der Waals surface area contributed by atoms with E-state index in [9.17, 15) is 0 Å². The van der Waals surface area contributed by atoms with Crippen molar-refractivity contribution in [2.24, 2.45) is 0 Å². The zero-order valence-corrected chi connectivity index (χ0v) is 12.3. The molecule has 0 saturated heterocycles. The third kappa shape index (κ3) is 2.74. The molecule has 2 N–H and O–H groups in total. The normalized spacial score (nSPS) is 10.8. The number of nitrogens with zero attached hydrogens (tertiary/aromatic N) is 4. The van der Waals surface area contributed by atoms with Crippen LogP contribution in [0.15, 0.2) is 61.2 Å². The molecule has 0 saturated carbocycles. The van der Waals surface area contributed by atoms with Gasteiger partial charge in [0.1, 0.15) is 11.5 Å². The highest BCUT2D eigenvalue weighted by molar-refractivity contribution is 5.92. The Labute approximate surface area is 132 Å². The number of anilines is 1. The van der Waals surface area contributed by atoms with E-state index in [4.69, 9.17) is 0 Å². The second-order valence-electron chi connectivity index (χ2n) is 5.04. The summed E-state index contributed by atoms with van der Waals surface area (Å²) in [6, 6.07) is 11.6. The largest absolute Gasteiger partial charge is 0.364 e. The monoisotopic (exact) mass is 302 g/mol. The van der Waals surface area contributed by atoms with E-state index in [-0.39, 0.29) is 0 Å². The summed E-state index contributed by atoms with van der Waals surface area (Å²) >= 11 is 0. The van der Waals surface area contributed by atoms with Crippen LogP contribution in [-0.4, -0.2) is 24.9 Å². The zero-order chi connectivity index (χ0) is 15.5. The number of H-pyrrole nitrogens is 1. The first-order chi connectivity index (χ1) is 11.4. The number of rotatable bonds is 4. The molecule has 4 aromatic rings. The van der Waals surface area contributed by atoms with E-state index in [0.29, 0.717) is 12.4 Å². The molecule has 0 amide bonds. The van der Waals surface area contributed by atoms with Crippen LogP contribution in [0.4, 0.5) is 5.82 Å². The Hall–Kier alpha value is -3.28. The molecule has 0 aliphatic rings. The van der Waals surface area contributed by atoms with Gasteiger partial charge >= 0.3 is 0 Å². The maximum atomic E-state index is 4.59. The van der Waals surface area contributed by atoms with E-state index >= 15 is 0 Å². The van der Waals surface area contributed by atoms with Crippen molar-refractivity contribution in [2.75, 3.05) is 5.32 Å². The fourth-order valence-electron chi connectivity index (χ4n) is 2.44. The van der Waals surface area contributed by atoms with Gasteiger partial charge in [0.2, 0.25) is 0 Å². The van der Waals surface area contributed by atoms with Gasteiger partial charge < -0.3 is 10.3 Å². The summed E-state index contributed by atoms with van der Waals surface area (Å²) in [7, 11) is 0. The number of fused-ring (bicyclic) bond motifs is 1. The van der Waals surface area contributed by atoms with Gasteiger partial charge in [-0.2, -0.15) is 0 Å². The second kappa shape index (κ2) is 5.84. The first-order valence-electron chi connectivity index (χ1n) is 7.29. The Morgan fingerprint density at radius 3 is 2.65 bits per heavy atom. The Morgan fingerprint density at radius 1 is 0.957 bits per heavy atom. The molecule has 0 bridgehead atoms. The third-order valence-corrected chi connectivity index (χ3v) is 3.51. The average Bonchev–Trinajstić information content (AvgIpc) is 3.09. The van der Waals surface area contributed by atoms with Crippen molar-refractivity contribution in [1.82, 2.24) is 24.9 Å². The van der Waals surface area contributed by atoms with Crippen LogP contribution in [0.5, 0.6) is 0 Å². The highest BCUT2D eigenvalue weighted by Gasteiger charge is 2.10. The van der Waals surface area contributed by atoms with Crippen molar-refractivity contribution >= 4 is 16.9 Å². The van der Waals surface area contributed by atoms with Crippen LogP contribution >= 0.6 is 0 Å². The van der Waals surface area contributed by atoms with Crippen LogP contribution in [0, 0.1) is 0 Å². The smallest absolute Gasteiger partial charge is 0.159 e. The van der Waals surface area contributed by atoms with Crippen LogP contribution in [0.1, 0.15) is 5.69 Å². The zero-order valence-electron chi connectivity index (χ0n) is 12.3. The molecule has 0 fully saturated rings. The lowest BCUT2D eigenvalue weighted by atomic mass is 10.1. The Kier molecular flexibility index (Phi) is 3.40. The van der Waals surface area contributed by atoms with Gasteiger partial charge in [-0.3, -0.25) is 4.98 Å². The van der Waals surface area contributed by atoms with Gasteiger partial charge in [0.15, 0.2) is 5.82 Å². The summed E-state index contributed by atoms with van der Waals surface area (Å²) in [5, 5.41) is 4.30. The van der Waals surface area contributed by atoms with Crippen molar-refractivity contribution in [2.45, 2.75) is 6.54 Å². The van der Waals surface area contributed by atoms with Gasteiger partial charge in [-0.25, -0.2) is 15.0 Å². The topological polar surface area (TPSA) is 79.4 Å². The molecule has 0 unspecified atom stereocenters. The first-order valence-corrected chi connectivity index (χ1v) is 7.29. The minimum absolute atomic E-state index is 0.606. The van der Waals surface area contributed by atoms with Crippen molar-refractivity contribution < 1.29 is 0 Å². The van der Waals surface area contributed by atoms with Crippen LogP contribution in [0.25, 0.3) is 22.4 Å². The standard InChI is InChI=1S/C17H14N6/c1-2-6-18-12(4-1)11-22-15-10-14(16-19-7-3-8-20-16)13-5-9-21-17(13)23-15/h1-10H,11H2,(H2,21,22,23). The van der Waals surface area contributed by atoms with Gasteiger partial charge in [-0.05, 0) is 30.3 Å². The molecular weight excluding hydrogens is 288 g/mol. The molecule has 0 spiro atoms. The lowest BCUT2D eigenvalue weighted by Crippen LogP contribution is -2.03. The van der Waals surface area contributed by atoms with Gasteiger partial charge in [0.05, 0.1) is 12.2 Å². The van der Waals surface area contributed by atoms with Crippen molar-refractivity contribution in [3.05, 3.63) is 66.9 Å². The number of hydrogen-bond donors (Lipinski definition) is 2. The quantitative estimate of drug-likeness (QED) is 0.606. The number of aromatic amines is 1. The maximum Gasteiger partial charge on any atom is 0.159 e. The average molecular weight is 302 g/mol. The molecule has 4 heterocycles. The van der Waals surface area contributed by atoms with Crippen LogP contribution in [0.3, 0.4) is 0 Å². The second-order valence-corrected chi connectivity index (χ2v) is 5.04. The molecule has 0 atom stereocenters. The number of nitrogens with one attached hydrogen (secondary N) is 2. The van der Waals surface area contributed by atoms with E-state index < -0.39 is 0 Å². The highest BCUT2D eigenvalue weighted by Crippen LogP contribution is 2.27. The predicted molar refractivity (Wildman–Crippen MR) is 88.7 cm³/mol. The Balaban J connectivity index is 1.71. The van der Waals surface area contributed by atoms with Crippen molar-refractivity contribution in [1.29, 1.82) is 0 Å². The van der Waals surface area contributed by atoms with E-state index in [0.717, 1.165) is 28.1 Å². The molecule has 0 aliphatic heterocycles. The highest BCUT2D eigenvalue weighted by atomic mass is 15.0. The maximum absolute atomic E-state index is 4.59. The molecule has 0 aliphatic carbocycles. The van der Waals surface area contributed by atoms with E-state index in [1.54, 1.807) is 24.7 Å². The lowest BCUT2D eigenvalue weighted by Gasteiger charge is -2.08. The minimum Gasteiger partial charge on any atom is -0.364 e. The van der Waals surface area contributed by atoms with Gasteiger partial charge in [0.25, 0.3) is 0 Å². The molecule has 0 aromatic carbocycles. The predicted octanol–water partition coefficient (Wildman–Crippen LogP) is 3.03. The lowest BCUT2D eigenvalue weighted by molar-refractivity contribution is 1.03. The van der Waals surface area contributed by atoms with Crippen LogP contribution < -0.4 is 5.32 Å². The molecule has 4 aromatic heterocycles. The summed E-state index contributed by atoms with van der Waals surface area (Å²) in [5.41, 5.74) is 2.71. The van der Waals surface area contributed by atoms with Gasteiger partial charge in [0, 0.05) is 35.7 Å². The third-order valence-electron chi connectivity index (χ3n) is 3.51. The van der Waals surface area contributed by atoms with E-state index in [2.05, 4.69) is 30.2 Å². The molecule has 0 radical (unpaired) electrons. The van der Waals surface area contributed by atoms with Gasteiger partial charge in [-0.15, -0.1) is 0 Å². The van der Waals surface area contributed by atoms with E-state index in [1.807, 2.05) is 36.5 Å². The summed E-state index contributed by atoms with van der Waals surface area (Å²) < 4.78 is 0. The summed E-state index contributed by atoms with van der Waals surface area (Å²) in [5.74, 6) is 1.44. The first kappa shape index (κ1) is 13.4. The molecule has 6 nitrogen and oxygen atoms in total. The van der Waals surface area contributed by atoms with Crippen LogP contribution in [-0.2, 0) is 6.54 Å². The number of aromatic nitrogens is 5. The summed E-state index contributed by atoms with van der Waals surface area (Å²) in [6.45, 7) is 0.606. The number of pyridine rings is 2. The summed E-state index contributed by atoms with van der Waals surface area (Å²) in [4.78, 5) is 20.7. The Bertz CT molecular complexity index is 918.